The average molecular weight is 375 g/mol. The molecule has 0 aliphatic heterocycles. The average Bonchev–Trinajstić information content (AvgIpc) is 3.21. The summed E-state index contributed by atoms with van der Waals surface area (Å²) in [5, 5.41) is 17.9. The predicted molar refractivity (Wildman–Crippen MR) is 86.6 cm³/mol. The lowest BCUT2D eigenvalue weighted by atomic mass is 10.1. The maximum atomic E-state index is 13.4. The molecular formula is C14H10Cl2F2N4O2. The summed E-state index contributed by atoms with van der Waals surface area (Å²) in [6.07, 6.45) is 4.72. The number of carbonyl (C=O) groups is 1. The van der Waals surface area contributed by atoms with Crippen molar-refractivity contribution in [2.24, 2.45) is 0 Å². The Morgan fingerprint density at radius 2 is 2.12 bits per heavy atom. The van der Waals surface area contributed by atoms with Crippen LogP contribution in [0, 0.1) is 0 Å². The van der Waals surface area contributed by atoms with Crippen LogP contribution in [-0.2, 0) is 4.79 Å². The van der Waals surface area contributed by atoms with E-state index in [1.807, 2.05) is 0 Å². The van der Waals surface area contributed by atoms with Crippen LogP contribution in [0.15, 0.2) is 24.7 Å². The molecule has 0 atom stereocenters. The summed E-state index contributed by atoms with van der Waals surface area (Å²) in [6, 6.07) is 1.27. The Morgan fingerprint density at radius 3 is 2.75 bits per heavy atom. The molecule has 6 nitrogen and oxygen atoms in total. The van der Waals surface area contributed by atoms with Gasteiger partial charge in [-0.05, 0) is 6.07 Å². The van der Waals surface area contributed by atoms with Gasteiger partial charge < -0.3 is 15.4 Å². The molecule has 4 N–H and O–H groups in total. The molecule has 3 rings (SSSR count). The number of hydrogen-bond acceptors (Lipinski definition) is 3. The van der Waals surface area contributed by atoms with Crippen LogP contribution in [0.1, 0.15) is 0 Å². The maximum absolute atomic E-state index is 13.4. The van der Waals surface area contributed by atoms with Crippen LogP contribution in [0.2, 0.25) is 10.0 Å². The number of fused-ring (bicyclic) bond motifs is 1. The van der Waals surface area contributed by atoms with Crippen molar-refractivity contribution in [1.82, 2.24) is 15.2 Å². The standard InChI is InChI=1S/C14H10Cl2F2N4O2/c15-8-1-9(22-13(24)14(17,18)5-23)10-7(6-2-20-21-3-6)4-19-12(10)11(8)16/h1-4,19,23H,5H2,(H,20,21)(H,22,24). The zero-order chi connectivity index (χ0) is 17.5. The van der Waals surface area contributed by atoms with Gasteiger partial charge >= 0.3 is 5.92 Å². The lowest BCUT2D eigenvalue weighted by Crippen LogP contribution is -2.37. The third-order valence-corrected chi connectivity index (χ3v) is 4.23. The summed E-state index contributed by atoms with van der Waals surface area (Å²) >= 11 is 12.1. The third-order valence-electron chi connectivity index (χ3n) is 3.44. The number of hydrogen-bond donors (Lipinski definition) is 4. The van der Waals surface area contributed by atoms with Crippen LogP contribution in [0.4, 0.5) is 14.5 Å². The maximum Gasteiger partial charge on any atom is 0.347 e. The molecule has 126 valence electrons. The molecular weight excluding hydrogens is 365 g/mol. The number of alkyl halides is 2. The SMILES string of the molecule is O=C(Nc1cc(Cl)c(Cl)c2[nH]cc(-c3cn[nH]c3)c12)C(F)(F)CO. The first kappa shape index (κ1) is 16.7. The van der Waals surface area contributed by atoms with Gasteiger partial charge in [0.25, 0.3) is 5.91 Å². The first-order valence-electron chi connectivity index (χ1n) is 6.63. The van der Waals surface area contributed by atoms with Gasteiger partial charge in [0, 0.05) is 28.9 Å². The summed E-state index contributed by atoms with van der Waals surface area (Å²) in [6.45, 7) is -1.61. The molecule has 2 heterocycles. The highest BCUT2D eigenvalue weighted by molar-refractivity contribution is 6.46. The van der Waals surface area contributed by atoms with Gasteiger partial charge in [-0.1, -0.05) is 23.2 Å². The molecule has 0 aliphatic rings. The van der Waals surface area contributed by atoms with Gasteiger partial charge in [0.2, 0.25) is 0 Å². The molecule has 10 heteroatoms. The number of halogens is 4. The predicted octanol–water partition coefficient (Wildman–Crippen LogP) is 3.43. The van der Waals surface area contributed by atoms with E-state index >= 15 is 0 Å². The van der Waals surface area contributed by atoms with Crippen molar-refractivity contribution in [2.45, 2.75) is 5.92 Å². The number of anilines is 1. The topological polar surface area (TPSA) is 93.8 Å². The zero-order valence-electron chi connectivity index (χ0n) is 11.8. The molecule has 0 aliphatic carbocycles. The summed E-state index contributed by atoms with van der Waals surface area (Å²) in [5.41, 5.74) is 1.65. The van der Waals surface area contributed by atoms with E-state index in [1.165, 1.54) is 12.3 Å². The molecule has 2 aromatic heterocycles. The minimum absolute atomic E-state index is 0.0370. The normalized spacial score (nSPS) is 11.9. The monoisotopic (exact) mass is 374 g/mol. The van der Waals surface area contributed by atoms with Crippen LogP contribution in [0.3, 0.4) is 0 Å². The number of amides is 1. The Kier molecular flexibility index (Phi) is 4.20. The summed E-state index contributed by atoms with van der Waals surface area (Å²) < 4.78 is 26.7. The highest BCUT2D eigenvalue weighted by Gasteiger charge is 2.38. The lowest BCUT2D eigenvalue weighted by Gasteiger charge is -2.15. The number of nitrogens with one attached hydrogen (secondary N) is 3. The highest BCUT2D eigenvalue weighted by atomic mass is 35.5. The van der Waals surface area contributed by atoms with E-state index in [2.05, 4.69) is 20.5 Å². The fraction of sp³-hybridized carbons (Fsp3) is 0.143. The van der Waals surface area contributed by atoms with Crippen LogP contribution < -0.4 is 5.32 Å². The van der Waals surface area contributed by atoms with Crippen LogP contribution in [0.5, 0.6) is 0 Å². The molecule has 0 saturated carbocycles. The Bertz CT molecular complexity index is 909. The minimum Gasteiger partial charge on any atom is -0.390 e. The van der Waals surface area contributed by atoms with Gasteiger partial charge in [-0.25, -0.2) is 0 Å². The van der Waals surface area contributed by atoms with E-state index in [0.29, 0.717) is 22.0 Å². The Hall–Kier alpha value is -2.16. The van der Waals surface area contributed by atoms with Crippen molar-refractivity contribution in [3.63, 3.8) is 0 Å². The molecule has 0 bridgehead atoms. The van der Waals surface area contributed by atoms with Crippen molar-refractivity contribution in [3.8, 4) is 11.1 Å². The smallest absolute Gasteiger partial charge is 0.347 e. The number of nitrogens with zero attached hydrogens (tertiary/aromatic N) is 1. The number of carbonyl (C=O) groups excluding carboxylic acids is 1. The number of aromatic nitrogens is 3. The third kappa shape index (κ3) is 2.72. The molecule has 0 radical (unpaired) electrons. The van der Waals surface area contributed by atoms with Gasteiger partial charge in [-0.2, -0.15) is 13.9 Å². The molecule has 0 spiro atoms. The second-order valence-electron chi connectivity index (χ2n) is 4.98. The summed E-state index contributed by atoms with van der Waals surface area (Å²) in [5.74, 6) is -5.58. The molecule has 0 saturated heterocycles. The zero-order valence-corrected chi connectivity index (χ0v) is 13.3. The first-order valence-corrected chi connectivity index (χ1v) is 7.39. The second kappa shape index (κ2) is 6.04. The highest BCUT2D eigenvalue weighted by Crippen LogP contribution is 2.41. The Balaban J connectivity index is 2.18. The van der Waals surface area contributed by atoms with E-state index in [1.54, 1.807) is 12.4 Å². The number of aliphatic hydroxyl groups excluding tert-OH is 1. The van der Waals surface area contributed by atoms with Gasteiger partial charge in [0.15, 0.2) is 0 Å². The van der Waals surface area contributed by atoms with E-state index in [0.717, 1.165) is 0 Å². The number of H-pyrrole nitrogens is 2. The lowest BCUT2D eigenvalue weighted by molar-refractivity contribution is -0.144. The molecule has 0 fully saturated rings. The van der Waals surface area contributed by atoms with E-state index in [4.69, 9.17) is 28.3 Å². The van der Waals surface area contributed by atoms with Crippen molar-refractivity contribution in [2.75, 3.05) is 11.9 Å². The van der Waals surface area contributed by atoms with Crippen LogP contribution in [-0.4, -0.2) is 38.7 Å². The van der Waals surface area contributed by atoms with Crippen LogP contribution in [0.25, 0.3) is 22.0 Å². The van der Waals surface area contributed by atoms with Crippen molar-refractivity contribution in [1.29, 1.82) is 0 Å². The number of aliphatic hydroxyl groups is 1. The molecule has 1 amide bonds. The number of rotatable bonds is 4. The Morgan fingerprint density at radius 1 is 1.38 bits per heavy atom. The molecule has 3 aromatic rings. The Labute approximate surface area is 143 Å². The number of benzene rings is 1. The summed E-state index contributed by atoms with van der Waals surface area (Å²) in [7, 11) is 0. The van der Waals surface area contributed by atoms with E-state index < -0.39 is 18.4 Å². The minimum atomic E-state index is -3.93. The van der Waals surface area contributed by atoms with Gasteiger partial charge in [0.1, 0.15) is 6.61 Å². The molecule has 1 aromatic carbocycles. The van der Waals surface area contributed by atoms with Gasteiger partial charge in [-0.3, -0.25) is 9.89 Å². The fourth-order valence-corrected chi connectivity index (χ4v) is 2.68. The molecule has 0 unspecified atom stereocenters. The van der Waals surface area contributed by atoms with E-state index in [9.17, 15) is 13.6 Å². The second-order valence-corrected chi connectivity index (χ2v) is 5.76. The number of aromatic amines is 2. The van der Waals surface area contributed by atoms with Crippen LogP contribution >= 0.6 is 23.2 Å². The van der Waals surface area contributed by atoms with Crippen molar-refractivity contribution in [3.05, 3.63) is 34.7 Å². The first-order chi connectivity index (χ1) is 11.3. The fourth-order valence-electron chi connectivity index (χ4n) is 2.27. The van der Waals surface area contributed by atoms with Gasteiger partial charge in [-0.15, -0.1) is 0 Å². The van der Waals surface area contributed by atoms with E-state index in [-0.39, 0.29) is 15.7 Å². The quantitative estimate of drug-likeness (QED) is 0.563. The van der Waals surface area contributed by atoms with Gasteiger partial charge in [0.05, 0.1) is 27.4 Å². The summed E-state index contributed by atoms with van der Waals surface area (Å²) in [4.78, 5) is 14.6. The van der Waals surface area contributed by atoms with Crippen molar-refractivity contribution >= 4 is 45.7 Å². The van der Waals surface area contributed by atoms with Crippen molar-refractivity contribution < 1.29 is 18.7 Å². The molecule has 24 heavy (non-hydrogen) atoms. The largest absolute Gasteiger partial charge is 0.390 e.